The summed E-state index contributed by atoms with van der Waals surface area (Å²) in [7, 11) is 0. The molecule has 0 aliphatic heterocycles. The number of aliphatic hydroxyl groups is 1. The third kappa shape index (κ3) is 4.79. The molecule has 1 aliphatic carbocycles. The first kappa shape index (κ1) is 18.8. The summed E-state index contributed by atoms with van der Waals surface area (Å²) in [5.41, 5.74) is -0.333. The molecule has 1 aliphatic rings. The Balaban J connectivity index is 1.51. The number of aromatic nitrogens is 3. The monoisotopic (exact) mass is 375 g/mol. The summed E-state index contributed by atoms with van der Waals surface area (Å²) in [4.78, 5) is 36.0. The Kier molecular flexibility index (Phi) is 5.65. The average Bonchev–Trinajstić information content (AvgIpc) is 3.24. The van der Waals surface area contributed by atoms with Crippen LogP contribution in [0.3, 0.4) is 0 Å². The molecule has 0 aromatic carbocycles. The Morgan fingerprint density at radius 1 is 1.37 bits per heavy atom. The van der Waals surface area contributed by atoms with Gasteiger partial charge >= 0.3 is 0 Å². The first-order chi connectivity index (χ1) is 12.9. The van der Waals surface area contributed by atoms with Crippen molar-refractivity contribution in [3.8, 4) is 0 Å². The standard InChI is InChI=1S/C17H21N5O5/c1-10-6-12(23)9-15(27-10)17(26)20-13-7-11(8-14(13)24)16(25)18-2-4-22-5-3-19-21-22/h3,5-6,9,11,13-14,24H,2,4,7-8H2,1H3,(H,18,25)(H,20,26)/t11-,13-,14-/m0/s1. The maximum Gasteiger partial charge on any atom is 0.287 e. The van der Waals surface area contributed by atoms with Gasteiger partial charge in [0.05, 0.1) is 24.9 Å². The van der Waals surface area contributed by atoms with Crippen LogP contribution in [0.25, 0.3) is 0 Å². The summed E-state index contributed by atoms with van der Waals surface area (Å²) in [5.74, 6) is -0.983. The lowest BCUT2D eigenvalue weighted by atomic mass is 10.1. The van der Waals surface area contributed by atoms with Gasteiger partial charge in [-0.05, 0) is 19.8 Å². The highest BCUT2D eigenvalue weighted by atomic mass is 16.3. The van der Waals surface area contributed by atoms with Crippen molar-refractivity contribution in [3.63, 3.8) is 0 Å². The number of aryl methyl sites for hydroxylation is 1. The number of nitrogens with zero attached hydrogens (tertiary/aromatic N) is 3. The second kappa shape index (κ2) is 8.12. The summed E-state index contributed by atoms with van der Waals surface area (Å²) in [6.07, 6.45) is 2.95. The van der Waals surface area contributed by atoms with Crippen LogP contribution >= 0.6 is 0 Å². The average molecular weight is 375 g/mol. The van der Waals surface area contributed by atoms with Gasteiger partial charge in [0.1, 0.15) is 5.76 Å². The molecule has 0 saturated heterocycles. The quantitative estimate of drug-likeness (QED) is 0.602. The van der Waals surface area contributed by atoms with E-state index in [1.165, 1.54) is 6.07 Å². The van der Waals surface area contributed by atoms with Crippen LogP contribution in [0.15, 0.2) is 33.7 Å². The van der Waals surface area contributed by atoms with Crippen LogP contribution in [-0.2, 0) is 11.3 Å². The van der Waals surface area contributed by atoms with Crippen molar-refractivity contribution < 1.29 is 19.1 Å². The first-order valence-corrected chi connectivity index (χ1v) is 8.65. The number of carbonyl (C=O) groups excluding carboxylic acids is 2. The lowest BCUT2D eigenvalue weighted by Gasteiger charge is -2.16. The van der Waals surface area contributed by atoms with Gasteiger partial charge in [-0.25, -0.2) is 0 Å². The normalized spacial score (nSPS) is 21.8. The molecular formula is C17H21N5O5. The van der Waals surface area contributed by atoms with Gasteiger partial charge in [-0.15, -0.1) is 5.10 Å². The topological polar surface area (TPSA) is 139 Å². The van der Waals surface area contributed by atoms with Crippen LogP contribution in [0.1, 0.15) is 29.2 Å². The van der Waals surface area contributed by atoms with Crippen molar-refractivity contribution in [2.75, 3.05) is 6.54 Å². The van der Waals surface area contributed by atoms with Gasteiger partial charge in [-0.3, -0.25) is 19.1 Å². The second-order valence-corrected chi connectivity index (χ2v) is 6.54. The number of hydrogen-bond donors (Lipinski definition) is 3. The maximum absolute atomic E-state index is 12.3. The van der Waals surface area contributed by atoms with E-state index in [9.17, 15) is 19.5 Å². The van der Waals surface area contributed by atoms with Crippen LogP contribution in [0.5, 0.6) is 0 Å². The number of aliphatic hydroxyl groups excluding tert-OH is 1. The van der Waals surface area contributed by atoms with Crippen molar-refractivity contribution in [1.29, 1.82) is 0 Å². The van der Waals surface area contributed by atoms with E-state index in [1.54, 1.807) is 24.0 Å². The van der Waals surface area contributed by atoms with E-state index in [0.29, 0.717) is 25.3 Å². The van der Waals surface area contributed by atoms with Crippen molar-refractivity contribution in [2.45, 2.75) is 38.5 Å². The van der Waals surface area contributed by atoms with Crippen LogP contribution in [0.2, 0.25) is 0 Å². The summed E-state index contributed by atoms with van der Waals surface area (Å²) >= 11 is 0. The summed E-state index contributed by atoms with van der Waals surface area (Å²) in [6.45, 7) is 2.45. The molecule has 0 unspecified atom stereocenters. The van der Waals surface area contributed by atoms with Crippen LogP contribution < -0.4 is 16.1 Å². The summed E-state index contributed by atoms with van der Waals surface area (Å²) in [5, 5.41) is 23.1. The zero-order valence-corrected chi connectivity index (χ0v) is 14.8. The summed E-state index contributed by atoms with van der Waals surface area (Å²) in [6, 6.07) is 1.79. The molecule has 10 nitrogen and oxygen atoms in total. The molecule has 2 aromatic rings. The lowest BCUT2D eigenvalue weighted by Crippen LogP contribution is -2.40. The zero-order valence-electron chi connectivity index (χ0n) is 14.8. The molecule has 10 heteroatoms. The van der Waals surface area contributed by atoms with E-state index in [2.05, 4.69) is 20.9 Å². The molecule has 2 aromatic heterocycles. The molecule has 144 valence electrons. The van der Waals surface area contributed by atoms with Gasteiger partial charge in [-0.1, -0.05) is 5.21 Å². The van der Waals surface area contributed by atoms with Crippen molar-refractivity contribution >= 4 is 11.8 Å². The van der Waals surface area contributed by atoms with Gasteiger partial charge < -0.3 is 20.2 Å². The van der Waals surface area contributed by atoms with E-state index in [1.807, 2.05) is 0 Å². The lowest BCUT2D eigenvalue weighted by molar-refractivity contribution is -0.125. The third-order valence-electron chi connectivity index (χ3n) is 4.44. The fraction of sp³-hybridized carbons (Fsp3) is 0.471. The maximum atomic E-state index is 12.3. The third-order valence-corrected chi connectivity index (χ3v) is 4.44. The van der Waals surface area contributed by atoms with Crippen LogP contribution in [-0.4, -0.2) is 50.6 Å². The molecule has 3 atom stereocenters. The first-order valence-electron chi connectivity index (χ1n) is 8.65. The number of amides is 2. The van der Waals surface area contributed by atoms with Crippen LogP contribution in [0.4, 0.5) is 0 Å². The second-order valence-electron chi connectivity index (χ2n) is 6.54. The predicted octanol–water partition coefficient (Wildman–Crippen LogP) is -0.775. The van der Waals surface area contributed by atoms with E-state index in [4.69, 9.17) is 4.42 Å². The van der Waals surface area contributed by atoms with E-state index < -0.39 is 24.0 Å². The molecule has 0 spiro atoms. The van der Waals surface area contributed by atoms with Crippen molar-refractivity contribution in [2.24, 2.45) is 5.92 Å². The number of nitrogens with one attached hydrogen (secondary N) is 2. The fourth-order valence-electron chi connectivity index (χ4n) is 3.13. The van der Waals surface area contributed by atoms with Crippen LogP contribution in [0, 0.1) is 12.8 Å². The highest BCUT2D eigenvalue weighted by Gasteiger charge is 2.38. The van der Waals surface area contributed by atoms with Crippen molar-refractivity contribution in [1.82, 2.24) is 25.6 Å². The molecule has 2 amide bonds. The molecule has 0 bridgehead atoms. The highest BCUT2D eigenvalue weighted by molar-refractivity contribution is 5.91. The number of hydrogen-bond acceptors (Lipinski definition) is 7. The minimum atomic E-state index is -0.850. The van der Waals surface area contributed by atoms with E-state index in [-0.39, 0.29) is 23.5 Å². The van der Waals surface area contributed by atoms with Gasteiger partial charge in [0, 0.05) is 30.8 Å². The smallest absolute Gasteiger partial charge is 0.287 e. The van der Waals surface area contributed by atoms with Gasteiger partial charge in [-0.2, -0.15) is 0 Å². The molecular weight excluding hydrogens is 354 g/mol. The van der Waals surface area contributed by atoms with Gasteiger partial charge in [0.2, 0.25) is 5.91 Å². The molecule has 1 saturated carbocycles. The highest BCUT2D eigenvalue weighted by Crippen LogP contribution is 2.26. The Bertz CT molecular complexity index is 863. The Labute approximate surface area is 154 Å². The molecule has 27 heavy (non-hydrogen) atoms. The minimum absolute atomic E-state index is 0.118. The Morgan fingerprint density at radius 3 is 2.89 bits per heavy atom. The van der Waals surface area contributed by atoms with E-state index in [0.717, 1.165) is 6.07 Å². The Hall–Kier alpha value is -3.01. The molecule has 2 heterocycles. The predicted molar refractivity (Wildman–Crippen MR) is 92.7 cm³/mol. The van der Waals surface area contributed by atoms with Gasteiger partial charge in [0.15, 0.2) is 11.2 Å². The Morgan fingerprint density at radius 2 is 2.19 bits per heavy atom. The fourth-order valence-corrected chi connectivity index (χ4v) is 3.13. The number of carbonyl (C=O) groups is 2. The molecule has 3 rings (SSSR count). The van der Waals surface area contributed by atoms with E-state index >= 15 is 0 Å². The van der Waals surface area contributed by atoms with Gasteiger partial charge in [0.25, 0.3) is 5.91 Å². The minimum Gasteiger partial charge on any atom is -0.456 e. The molecule has 3 N–H and O–H groups in total. The van der Waals surface area contributed by atoms with Crippen molar-refractivity contribution in [3.05, 3.63) is 46.3 Å². The molecule has 0 radical (unpaired) electrons. The largest absolute Gasteiger partial charge is 0.456 e. The zero-order chi connectivity index (χ0) is 19.4. The molecule has 1 fully saturated rings. The summed E-state index contributed by atoms with van der Waals surface area (Å²) < 4.78 is 6.84. The SMILES string of the molecule is Cc1cc(=O)cc(C(=O)N[C@H]2C[C@H](C(=O)NCCn3ccnn3)C[C@@H]2O)o1. The number of rotatable bonds is 6.